The molecule has 0 heterocycles. The van der Waals surface area contributed by atoms with Crippen molar-refractivity contribution >= 4 is 0 Å². The first kappa shape index (κ1) is 13.9. The molecule has 2 atom stereocenters. The van der Waals surface area contributed by atoms with Crippen LogP contribution < -0.4 is 5.32 Å². The Bertz CT molecular complexity index is 125. The number of hydrogen-bond acceptors (Lipinski definition) is 2. The molecule has 0 aromatic heterocycles. The van der Waals surface area contributed by atoms with Crippen LogP contribution >= 0.6 is 0 Å². The molecule has 0 bridgehead atoms. The SMILES string of the molecule is CCC(CCO)CNC(CC)C(C)C. The Hall–Kier alpha value is -0.0800. The predicted molar refractivity (Wildman–Crippen MR) is 62.4 cm³/mol. The van der Waals surface area contributed by atoms with E-state index in [0.717, 1.165) is 19.4 Å². The fourth-order valence-corrected chi connectivity index (χ4v) is 1.80. The average molecular weight is 201 g/mol. The zero-order chi connectivity index (χ0) is 11.0. The van der Waals surface area contributed by atoms with Crippen LogP contribution in [0.15, 0.2) is 0 Å². The Kier molecular flexibility index (Phi) is 8.20. The minimum atomic E-state index is 0.318. The van der Waals surface area contributed by atoms with Gasteiger partial charge in [0.2, 0.25) is 0 Å². The molecule has 0 rings (SSSR count). The van der Waals surface area contributed by atoms with E-state index in [0.29, 0.717) is 24.5 Å². The van der Waals surface area contributed by atoms with Crippen molar-refractivity contribution in [3.63, 3.8) is 0 Å². The zero-order valence-electron chi connectivity index (χ0n) is 10.2. The highest BCUT2D eigenvalue weighted by molar-refractivity contribution is 4.71. The molecule has 0 aliphatic carbocycles. The van der Waals surface area contributed by atoms with Gasteiger partial charge in [0.15, 0.2) is 0 Å². The maximum absolute atomic E-state index is 8.87. The van der Waals surface area contributed by atoms with Crippen molar-refractivity contribution < 1.29 is 5.11 Å². The Morgan fingerprint density at radius 2 is 1.79 bits per heavy atom. The van der Waals surface area contributed by atoms with Gasteiger partial charge in [-0.05, 0) is 31.2 Å². The summed E-state index contributed by atoms with van der Waals surface area (Å²) < 4.78 is 0. The van der Waals surface area contributed by atoms with Gasteiger partial charge in [0, 0.05) is 12.6 Å². The van der Waals surface area contributed by atoms with Crippen molar-refractivity contribution in [2.75, 3.05) is 13.2 Å². The van der Waals surface area contributed by atoms with Gasteiger partial charge in [-0.2, -0.15) is 0 Å². The molecule has 2 nitrogen and oxygen atoms in total. The van der Waals surface area contributed by atoms with Crippen molar-refractivity contribution in [3.05, 3.63) is 0 Å². The van der Waals surface area contributed by atoms with Crippen LogP contribution in [-0.4, -0.2) is 24.3 Å². The lowest BCUT2D eigenvalue weighted by atomic mass is 9.98. The Labute approximate surface area is 89.1 Å². The lowest BCUT2D eigenvalue weighted by Crippen LogP contribution is -2.36. The molecule has 0 saturated carbocycles. The van der Waals surface area contributed by atoms with E-state index in [1.54, 1.807) is 0 Å². The lowest BCUT2D eigenvalue weighted by molar-refractivity contribution is 0.244. The van der Waals surface area contributed by atoms with Crippen molar-refractivity contribution in [1.82, 2.24) is 5.32 Å². The van der Waals surface area contributed by atoms with Crippen molar-refractivity contribution in [2.45, 2.75) is 53.0 Å². The van der Waals surface area contributed by atoms with Gasteiger partial charge in [-0.1, -0.05) is 34.1 Å². The molecule has 0 saturated heterocycles. The van der Waals surface area contributed by atoms with Gasteiger partial charge >= 0.3 is 0 Å². The van der Waals surface area contributed by atoms with Gasteiger partial charge in [0.25, 0.3) is 0 Å². The van der Waals surface area contributed by atoms with Crippen LogP contribution in [0.4, 0.5) is 0 Å². The normalized spacial score (nSPS) is 15.9. The van der Waals surface area contributed by atoms with E-state index in [2.05, 4.69) is 33.0 Å². The molecule has 2 N–H and O–H groups in total. The number of nitrogens with one attached hydrogen (secondary N) is 1. The quantitative estimate of drug-likeness (QED) is 0.632. The summed E-state index contributed by atoms with van der Waals surface area (Å²) in [5.74, 6) is 1.33. The summed E-state index contributed by atoms with van der Waals surface area (Å²) >= 11 is 0. The molecule has 0 radical (unpaired) electrons. The summed E-state index contributed by atoms with van der Waals surface area (Å²) in [6.07, 6.45) is 3.27. The molecule has 2 unspecified atom stereocenters. The van der Waals surface area contributed by atoms with Crippen LogP contribution in [0.5, 0.6) is 0 Å². The predicted octanol–water partition coefficient (Wildman–Crippen LogP) is 2.42. The molecule has 2 heteroatoms. The van der Waals surface area contributed by atoms with E-state index in [9.17, 15) is 0 Å². The summed E-state index contributed by atoms with van der Waals surface area (Å²) in [5.41, 5.74) is 0. The minimum Gasteiger partial charge on any atom is -0.396 e. The monoisotopic (exact) mass is 201 g/mol. The van der Waals surface area contributed by atoms with Crippen LogP contribution in [0.3, 0.4) is 0 Å². The summed E-state index contributed by atoms with van der Waals surface area (Å²) in [5, 5.41) is 12.5. The molecular formula is C12H27NO. The molecule has 0 aliphatic heterocycles. The minimum absolute atomic E-state index is 0.318. The standard InChI is InChI=1S/C12H27NO/c1-5-11(7-8-14)9-13-12(6-2)10(3)4/h10-14H,5-9H2,1-4H3. The van der Waals surface area contributed by atoms with Crippen molar-refractivity contribution in [2.24, 2.45) is 11.8 Å². The highest BCUT2D eigenvalue weighted by atomic mass is 16.3. The van der Waals surface area contributed by atoms with Crippen LogP contribution in [0, 0.1) is 11.8 Å². The highest BCUT2D eigenvalue weighted by Gasteiger charge is 2.12. The third-order valence-corrected chi connectivity index (χ3v) is 3.03. The first-order valence-corrected chi connectivity index (χ1v) is 5.99. The summed E-state index contributed by atoms with van der Waals surface area (Å²) in [7, 11) is 0. The highest BCUT2D eigenvalue weighted by Crippen LogP contribution is 2.09. The Morgan fingerprint density at radius 1 is 1.14 bits per heavy atom. The smallest absolute Gasteiger partial charge is 0.0434 e. The van der Waals surface area contributed by atoms with Gasteiger partial charge in [0.1, 0.15) is 0 Å². The molecule has 86 valence electrons. The van der Waals surface area contributed by atoms with Gasteiger partial charge in [-0.25, -0.2) is 0 Å². The molecule has 14 heavy (non-hydrogen) atoms. The topological polar surface area (TPSA) is 32.3 Å². The molecule has 0 aliphatic rings. The van der Waals surface area contributed by atoms with E-state index >= 15 is 0 Å². The third kappa shape index (κ3) is 5.61. The lowest BCUT2D eigenvalue weighted by Gasteiger charge is -2.23. The first-order valence-electron chi connectivity index (χ1n) is 5.99. The van der Waals surface area contributed by atoms with E-state index in [1.165, 1.54) is 6.42 Å². The van der Waals surface area contributed by atoms with E-state index < -0.39 is 0 Å². The van der Waals surface area contributed by atoms with E-state index in [1.807, 2.05) is 0 Å². The van der Waals surface area contributed by atoms with Crippen LogP contribution in [0.25, 0.3) is 0 Å². The summed E-state index contributed by atoms with van der Waals surface area (Å²) in [6.45, 7) is 10.3. The molecule has 0 amide bonds. The Balaban J connectivity index is 3.75. The number of aliphatic hydroxyl groups excluding tert-OH is 1. The molecule has 0 spiro atoms. The van der Waals surface area contributed by atoms with E-state index in [4.69, 9.17) is 5.11 Å². The van der Waals surface area contributed by atoms with Crippen LogP contribution in [0.1, 0.15) is 47.0 Å². The fourth-order valence-electron chi connectivity index (χ4n) is 1.80. The second-order valence-corrected chi connectivity index (χ2v) is 4.45. The third-order valence-electron chi connectivity index (χ3n) is 3.03. The molecular weight excluding hydrogens is 174 g/mol. The molecule has 0 fully saturated rings. The average Bonchev–Trinajstić information content (AvgIpc) is 2.16. The van der Waals surface area contributed by atoms with Crippen LogP contribution in [-0.2, 0) is 0 Å². The second-order valence-electron chi connectivity index (χ2n) is 4.45. The van der Waals surface area contributed by atoms with Gasteiger partial charge in [-0.15, -0.1) is 0 Å². The second kappa shape index (κ2) is 8.25. The number of rotatable bonds is 8. The first-order chi connectivity index (χ1) is 6.65. The number of hydrogen-bond donors (Lipinski definition) is 2. The van der Waals surface area contributed by atoms with Gasteiger partial charge in [0.05, 0.1) is 0 Å². The number of aliphatic hydroxyl groups is 1. The summed E-state index contributed by atoms with van der Waals surface area (Å²) in [6, 6.07) is 0.628. The van der Waals surface area contributed by atoms with Crippen LogP contribution in [0.2, 0.25) is 0 Å². The maximum atomic E-state index is 8.87. The van der Waals surface area contributed by atoms with Crippen molar-refractivity contribution in [3.8, 4) is 0 Å². The van der Waals surface area contributed by atoms with E-state index in [-0.39, 0.29) is 0 Å². The Morgan fingerprint density at radius 3 is 2.14 bits per heavy atom. The maximum Gasteiger partial charge on any atom is 0.0434 e. The van der Waals surface area contributed by atoms with Crippen molar-refractivity contribution in [1.29, 1.82) is 0 Å². The largest absolute Gasteiger partial charge is 0.396 e. The van der Waals surface area contributed by atoms with Gasteiger partial charge < -0.3 is 10.4 Å². The fraction of sp³-hybridized carbons (Fsp3) is 1.00. The summed E-state index contributed by atoms with van der Waals surface area (Å²) in [4.78, 5) is 0. The zero-order valence-corrected chi connectivity index (χ0v) is 10.2. The molecule has 0 aromatic rings. The molecule has 0 aromatic carbocycles. The van der Waals surface area contributed by atoms with Gasteiger partial charge in [-0.3, -0.25) is 0 Å².